The zero-order valence-corrected chi connectivity index (χ0v) is 25.1. The highest BCUT2D eigenvalue weighted by atomic mass is 16.9. The summed E-state index contributed by atoms with van der Waals surface area (Å²) in [6.07, 6.45) is 8.57. The summed E-state index contributed by atoms with van der Waals surface area (Å²) in [4.78, 5) is 0. The van der Waals surface area contributed by atoms with E-state index in [9.17, 15) is 5.11 Å². The molecule has 5 heterocycles. The highest BCUT2D eigenvalue weighted by Crippen LogP contribution is 2.72. The lowest BCUT2D eigenvalue weighted by Crippen LogP contribution is -2.66. The fourth-order valence-corrected chi connectivity index (χ4v) is 12.7. The minimum absolute atomic E-state index is 0.125. The van der Waals surface area contributed by atoms with Gasteiger partial charge >= 0.3 is 0 Å². The Morgan fingerprint density at radius 3 is 2.42 bits per heavy atom. The van der Waals surface area contributed by atoms with E-state index in [1.165, 1.54) is 38.5 Å². The van der Waals surface area contributed by atoms with Crippen molar-refractivity contribution < 1.29 is 33.5 Å². The van der Waals surface area contributed by atoms with E-state index in [-0.39, 0.29) is 35.6 Å². The molecule has 2 bridgehead atoms. The summed E-state index contributed by atoms with van der Waals surface area (Å²) in [7, 11) is 0. The van der Waals surface area contributed by atoms with Crippen molar-refractivity contribution in [2.24, 2.45) is 52.3 Å². The number of aliphatic hydroxyl groups excluding tert-OH is 1. The van der Waals surface area contributed by atoms with Crippen molar-refractivity contribution in [2.45, 2.75) is 147 Å². The first-order valence-corrected chi connectivity index (χ1v) is 16.7. The Bertz CT molecular complexity index is 1060. The van der Waals surface area contributed by atoms with Crippen molar-refractivity contribution in [2.75, 3.05) is 6.61 Å². The maximum atomic E-state index is 10.8. The van der Waals surface area contributed by atoms with E-state index in [1.807, 2.05) is 6.92 Å². The summed E-state index contributed by atoms with van der Waals surface area (Å²) in [6.45, 7) is 12.7. The van der Waals surface area contributed by atoms with Crippen LogP contribution in [0.2, 0.25) is 0 Å². The molecule has 18 atom stereocenters. The smallest absolute Gasteiger partial charge is 0.198 e. The van der Waals surface area contributed by atoms with Gasteiger partial charge < -0.3 is 33.5 Å². The van der Waals surface area contributed by atoms with Crippen molar-refractivity contribution >= 4 is 0 Å². The van der Waals surface area contributed by atoms with Gasteiger partial charge in [0.05, 0.1) is 18.8 Å². The van der Waals surface area contributed by atoms with Crippen LogP contribution in [-0.2, 0) is 28.4 Å². The van der Waals surface area contributed by atoms with Crippen LogP contribution in [0.1, 0.15) is 92.4 Å². The zero-order chi connectivity index (χ0) is 27.4. The van der Waals surface area contributed by atoms with Gasteiger partial charge in [0.2, 0.25) is 0 Å². The Morgan fingerprint density at radius 1 is 0.775 bits per heavy atom. The van der Waals surface area contributed by atoms with Gasteiger partial charge in [-0.15, -0.1) is 0 Å². The summed E-state index contributed by atoms with van der Waals surface area (Å²) >= 11 is 0. The van der Waals surface area contributed by atoms with Gasteiger partial charge in [0.1, 0.15) is 24.4 Å². The second-order valence-electron chi connectivity index (χ2n) is 16.4. The third-order valence-electron chi connectivity index (χ3n) is 14.7. The molecule has 4 saturated carbocycles. The fraction of sp³-hybridized carbons (Fsp3) is 1.00. The maximum Gasteiger partial charge on any atom is 0.198 e. The van der Waals surface area contributed by atoms with Crippen LogP contribution in [0.3, 0.4) is 0 Å². The highest BCUT2D eigenvalue weighted by molar-refractivity contribution is 5.17. The predicted molar refractivity (Wildman–Crippen MR) is 145 cm³/mol. The van der Waals surface area contributed by atoms with Crippen molar-refractivity contribution in [3.8, 4) is 0 Å². The fourth-order valence-electron chi connectivity index (χ4n) is 12.7. The summed E-state index contributed by atoms with van der Waals surface area (Å²) in [5, 5.41) is 10.8. The Balaban J connectivity index is 0.988. The lowest BCUT2D eigenvalue weighted by Gasteiger charge is -2.64. The van der Waals surface area contributed by atoms with Crippen LogP contribution in [0, 0.1) is 52.3 Å². The molecule has 0 unspecified atom stereocenters. The molecule has 7 heteroatoms. The summed E-state index contributed by atoms with van der Waals surface area (Å²) < 4.78 is 39.7. The molecular weight excluding hydrogens is 508 g/mol. The molecule has 0 aromatic rings. The average Bonchev–Trinajstić information content (AvgIpc) is 3.49. The molecule has 0 radical (unpaired) electrons. The lowest BCUT2D eigenvalue weighted by molar-refractivity contribution is -0.346. The van der Waals surface area contributed by atoms with E-state index in [1.54, 1.807) is 0 Å². The van der Waals surface area contributed by atoms with Gasteiger partial charge in [-0.1, -0.05) is 27.7 Å². The topological polar surface area (TPSA) is 75.6 Å². The third kappa shape index (κ3) is 3.12. The Hall–Kier alpha value is -0.280. The SMILES string of the molecule is C[C@@H]1CC[C@@]2(OC1)O[C@H]1C[C@H]3[C@@H]4CC[C@H]5C[C@H]6O[C@H]7[C@@H](O)[C@H](C)O[C@H]8O[C@]6(C[C@]5(C)[C@H]4CC[C@]3(C)[C@H]1[C@@H]2C)O[C@H]87. The molecule has 0 amide bonds. The molecule has 5 saturated heterocycles. The van der Waals surface area contributed by atoms with E-state index < -0.39 is 18.2 Å². The van der Waals surface area contributed by atoms with Gasteiger partial charge in [-0.25, -0.2) is 0 Å². The number of aliphatic hydroxyl groups is 1. The van der Waals surface area contributed by atoms with Crippen LogP contribution in [0.25, 0.3) is 0 Å². The van der Waals surface area contributed by atoms with Gasteiger partial charge in [-0.3, -0.25) is 0 Å². The van der Waals surface area contributed by atoms with Gasteiger partial charge in [0, 0.05) is 18.8 Å². The summed E-state index contributed by atoms with van der Waals surface area (Å²) in [5.74, 6) is 3.36. The molecule has 5 aliphatic heterocycles. The van der Waals surface area contributed by atoms with Crippen molar-refractivity contribution in [3.63, 3.8) is 0 Å². The van der Waals surface area contributed by atoms with E-state index >= 15 is 0 Å². The second kappa shape index (κ2) is 8.25. The Kier molecular flexibility index (Phi) is 5.39. The van der Waals surface area contributed by atoms with Gasteiger partial charge in [0.15, 0.2) is 17.9 Å². The van der Waals surface area contributed by atoms with Gasteiger partial charge in [0.25, 0.3) is 0 Å². The standard InChI is InChI=1S/C33H50O7/c1-16-8-11-32(35-14-16)17(2)25-23(38-32)13-22-20-7-6-19-12-24-33(15-31(19,5)21(20)9-10-30(22,25)4)39-28-27(37-24)26(34)18(3)36-29(28)40-33/h16-29,34H,6-15H2,1-5H3/t16-,17+,18+,19+,20-,21+,22+,23+,24-,25+,26+,27+,28+,29+,30+,31+,32-,33+/m1/s1. The van der Waals surface area contributed by atoms with E-state index in [0.717, 1.165) is 37.7 Å². The molecule has 0 aromatic heterocycles. The molecule has 7 nitrogen and oxygen atoms in total. The largest absolute Gasteiger partial charge is 0.388 e. The molecule has 224 valence electrons. The number of fused-ring (bicyclic) bond motifs is 7. The Morgan fingerprint density at radius 2 is 1.62 bits per heavy atom. The van der Waals surface area contributed by atoms with Gasteiger partial charge in [-0.05, 0) is 98.2 Å². The molecule has 9 rings (SSSR count). The van der Waals surface area contributed by atoms with Crippen molar-refractivity contribution in [3.05, 3.63) is 0 Å². The third-order valence-corrected chi connectivity index (χ3v) is 14.7. The summed E-state index contributed by atoms with van der Waals surface area (Å²) in [5.41, 5.74) is 0.485. The molecular formula is C33H50O7. The van der Waals surface area contributed by atoms with E-state index in [0.29, 0.717) is 41.1 Å². The van der Waals surface area contributed by atoms with Crippen LogP contribution in [0.15, 0.2) is 0 Å². The first kappa shape index (κ1) is 26.2. The van der Waals surface area contributed by atoms with Crippen LogP contribution < -0.4 is 0 Å². The predicted octanol–water partition coefficient (Wildman–Crippen LogP) is 5.03. The van der Waals surface area contributed by atoms with Crippen LogP contribution in [0.5, 0.6) is 0 Å². The number of rotatable bonds is 0. The number of hydrogen-bond donors (Lipinski definition) is 1. The van der Waals surface area contributed by atoms with Crippen LogP contribution in [0.4, 0.5) is 0 Å². The minimum atomic E-state index is -0.741. The monoisotopic (exact) mass is 558 g/mol. The molecule has 40 heavy (non-hydrogen) atoms. The zero-order valence-electron chi connectivity index (χ0n) is 25.1. The average molecular weight is 559 g/mol. The Labute approximate surface area is 239 Å². The normalized spacial score (nSPS) is 67.0. The molecule has 1 N–H and O–H groups in total. The van der Waals surface area contributed by atoms with Crippen molar-refractivity contribution in [1.29, 1.82) is 0 Å². The minimum Gasteiger partial charge on any atom is -0.388 e. The number of hydrogen-bond acceptors (Lipinski definition) is 7. The van der Waals surface area contributed by atoms with Gasteiger partial charge in [-0.2, -0.15) is 0 Å². The van der Waals surface area contributed by atoms with E-state index in [4.69, 9.17) is 28.4 Å². The maximum absolute atomic E-state index is 10.8. The molecule has 0 aromatic carbocycles. The number of ether oxygens (including phenoxy) is 6. The first-order chi connectivity index (χ1) is 19.1. The van der Waals surface area contributed by atoms with Crippen LogP contribution >= 0.6 is 0 Å². The molecule has 4 aliphatic carbocycles. The lowest BCUT2D eigenvalue weighted by atomic mass is 9.43. The quantitative estimate of drug-likeness (QED) is 0.418. The highest BCUT2D eigenvalue weighted by Gasteiger charge is 2.73. The van der Waals surface area contributed by atoms with E-state index in [2.05, 4.69) is 27.7 Å². The molecule has 2 spiro atoms. The molecule has 9 fully saturated rings. The second-order valence-corrected chi connectivity index (χ2v) is 16.4. The molecule has 9 aliphatic rings. The summed E-state index contributed by atoms with van der Waals surface area (Å²) in [6, 6.07) is 0. The first-order valence-electron chi connectivity index (χ1n) is 16.7. The van der Waals surface area contributed by atoms with Crippen LogP contribution in [-0.4, -0.2) is 66.2 Å². The van der Waals surface area contributed by atoms with Crippen molar-refractivity contribution in [1.82, 2.24) is 0 Å².